The molecular weight excluding hydrogens is 231 g/mol. The number of nitrogens with one attached hydrogen (secondary N) is 1. The van der Waals surface area contributed by atoms with Crippen molar-refractivity contribution < 1.29 is 4.39 Å². The zero-order chi connectivity index (χ0) is 13.3. The molecule has 0 aliphatic rings. The highest BCUT2D eigenvalue weighted by Crippen LogP contribution is 2.23. The van der Waals surface area contributed by atoms with Gasteiger partial charge >= 0.3 is 0 Å². The minimum Gasteiger partial charge on any atom is -0.267 e. The Morgan fingerprint density at radius 3 is 2.67 bits per heavy atom. The van der Waals surface area contributed by atoms with E-state index in [1.54, 1.807) is 31.2 Å². The molecule has 0 aliphatic heterocycles. The quantitative estimate of drug-likeness (QED) is 0.885. The van der Waals surface area contributed by atoms with Crippen molar-refractivity contribution in [3.05, 3.63) is 51.7 Å². The average Bonchev–Trinajstić information content (AvgIpc) is 2.33. The summed E-state index contributed by atoms with van der Waals surface area (Å²) < 4.78 is 14.0. The van der Waals surface area contributed by atoms with Crippen molar-refractivity contribution in [3.8, 4) is 11.1 Å². The molecule has 1 N–H and O–H groups in total. The van der Waals surface area contributed by atoms with Gasteiger partial charge in [-0.25, -0.2) is 9.49 Å². The monoisotopic (exact) mass is 246 g/mol. The number of nitrogens with zero attached hydrogens (tertiary/aromatic N) is 1. The molecule has 0 saturated heterocycles. The van der Waals surface area contributed by atoms with Gasteiger partial charge in [0.1, 0.15) is 5.82 Å². The van der Waals surface area contributed by atoms with Crippen LogP contribution in [0, 0.1) is 12.7 Å². The molecular formula is C14H15FN2O. The number of H-pyrrole nitrogens is 1. The van der Waals surface area contributed by atoms with Crippen molar-refractivity contribution in [2.24, 2.45) is 0 Å². The van der Waals surface area contributed by atoms with E-state index in [-0.39, 0.29) is 17.3 Å². The van der Waals surface area contributed by atoms with Gasteiger partial charge in [-0.2, -0.15) is 5.10 Å². The Morgan fingerprint density at radius 1 is 1.28 bits per heavy atom. The number of halogens is 1. The number of aromatic amines is 1. The van der Waals surface area contributed by atoms with E-state index in [0.717, 1.165) is 5.69 Å². The van der Waals surface area contributed by atoms with E-state index in [9.17, 15) is 9.18 Å². The molecule has 0 spiro atoms. The van der Waals surface area contributed by atoms with Gasteiger partial charge in [-0.1, -0.05) is 32.0 Å². The Morgan fingerprint density at radius 2 is 2.00 bits per heavy atom. The Labute approximate surface area is 105 Å². The summed E-state index contributed by atoms with van der Waals surface area (Å²) in [6, 6.07) is 6.68. The Kier molecular flexibility index (Phi) is 3.28. The molecule has 0 bridgehead atoms. The molecule has 18 heavy (non-hydrogen) atoms. The predicted octanol–water partition coefficient (Wildman–Crippen LogP) is 3.01. The van der Waals surface area contributed by atoms with Gasteiger partial charge in [-0.05, 0) is 24.5 Å². The lowest BCUT2D eigenvalue weighted by Gasteiger charge is -2.08. The van der Waals surface area contributed by atoms with Crippen LogP contribution in [0.15, 0.2) is 29.1 Å². The lowest BCUT2D eigenvalue weighted by Crippen LogP contribution is -2.14. The second-order valence-electron chi connectivity index (χ2n) is 4.63. The number of aryl methyl sites for hydroxylation is 1. The first-order chi connectivity index (χ1) is 8.50. The maximum absolute atomic E-state index is 14.0. The Hall–Kier alpha value is -1.97. The molecule has 1 aromatic heterocycles. The van der Waals surface area contributed by atoms with Crippen molar-refractivity contribution in [2.45, 2.75) is 26.7 Å². The summed E-state index contributed by atoms with van der Waals surface area (Å²) in [6.07, 6.45) is 0. The molecule has 1 aromatic carbocycles. The molecule has 2 rings (SSSR count). The van der Waals surface area contributed by atoms with Crippen molar-refractivity contribution in [1.29, 1.82) is 0 Å². The standard InChI is InChI=1S/C14H15FN2O/c1-8(2)12-7-11(14(18)17-16-12)10-6-4-5-9(3)13(10)15/h4-8H,1-3H3,(H,17,18). The number of aromatic nitrogens is 2. The molecule has 0 radical (unpaired) electrons. The molecule has 0 atom stereocenters. The van der Waals surface area contributed by atoms with Gasteiger partial charge in [0.2, 0.25) is 0 Å². The Bertz CT molecular complexity index is 632. The third-order valence-corrected chi connectivity index (χ3v) is 2.90. The van der Waals surface area contributed by atoms with Gasteiger partial charge in [-0.3, -0.25) is 4.79 Å². The van der Waals surface area contributed by atoms with E-state index in [2.05, 4.69) is 10.2 Å². The fraction of sp³-hybridized carbons (Fsp3) is 0.286. The van der Waals surface area contributed by atoms with Gasteiger partial charge in [0, 0.05) is 5.56 Å². The number of rotatable bonds is 2. The van der Waals surface area contributed by atoms with Gasteiger partial charge in [-0.15, -0.1) is 0 Å². The first kappa shape index (κ1) is 12.5. The van der Waals surface area contributed by atoms with Crippen LogP contribution in [0.1, 0.15) is 31.0 Å². The topological polar surface area (TPSA) is 45.8 Å². The van der Waals surface area contributed by atoms with E-state index in [4.69, 9.17) is 0 Å². The van der Waals surface area contributed by atoms with Crippen molar-refractivity contribution in [2.75, 3.05) is 0 Å². The number of hydrogen-bond donors (Lipinski definition) is 1. The summed E-state index contributed by atoms with van der Waals surface area (Å²) in [5.41, 5.74) is 1.54. The molecule has 0 unspecified atom stereocenters. The Balaban J connectivity index is 2.67. The van der Waals surface area contributed by atoms with E-state index >= 15 is 0 Å². The molecule has 0 fully saturated rings. The summed E-state index contributed by atoms with van der Waals surface area (Å²) in [5, 5.41) is 6.38. The fourth-order valence-electron chi connectivity index (χ4n) is 1.77. The van der Waals surface area contributed by atoms with Gasteiger partial charge in [0.05, 0.1) is 11.3 Å². The second-order valence-corrected chi connectivity index (χ2v) is 4.63. The van der Waals surface area contributed by atoms with E-state index in [0.29, 0.717) is 16.7 Å². The van der Waals surface area contributed by atoms with E-state index in [1.165, 1.54) is 0 Å². The van der Waals surface area contributed by atoms with Crippen LogP contribution < -0.4 is 5.56 Å². The zero-order valence-electron chi connectivity index (χ0n) is 10.6. The second kappa shape index (κ2) is 4.72. The first-order valence-electron chi connectivity index (χ1n) is 5.86. The summed E-state index contributed by atoms with van der Waals surface area (Å²) in [6.45, 7) is 5.62. The fourth-order valence-corrected chi connectivity index (χ4v) is 1.77. The first-order valence-corrected chi connectivity index (χ1v) is 5.86. The SMILES string of the molecule is Cc1cccc(-c2cc(C(C)C)n[nH]c2=O)c1F. The number of hydrogen-bond acceptors (Lipinski definition) is 2. The summed E-state index contributed by atoms with van der Waals surface area (Å²) in [7, 11) is 0. The lowest BCUT2D eigenvalue weighted by atomic mass is 10.0. The summed E-state index contributed by atoms with van der Waals surface area (Å²) in [4.78, 5) is 11.8. The molecule has 4 heteroatoms. The van der Waals surface area contributed by atoms with Crippen LogP contribution in [0.5, 0.6) is 0 Å². The van der Waals surface area contributed by atoms with Crippen LogP contribution in [0.3, 0.4) is 0 Å². The third kappa shape index (κ3) is 2.18. The van der Waals surface area contributed by atoms with Gasteiger partial charge in [0.25, 0.3) is 5.56 Å². The molecule has 0 saturated carbocycles. The van der Waals surface area contributed by atoms with E-state index in [1.807, 2.05) is 13.8 Å². The minimum atomic E-state index is -0.371. The number of benzene rings is 1. The van der Waals surface area contributed by atoms with Crippen LogP contribution in [0.2, 0.25) is 0 Å². The molecule has 94 valence electrons. The smallest absolute Gasteiger partial charge is 0.267 e. The van der Waals surface area contributed by atoms with Crippen molar-refractivity contribution in [3.63, 3.8) is 0 Å². The van der Waals surface area contributed by atoms with Crippen LogP contribution in [0.4, 0.5) is 4.39 Å². The highest BCUT2D eigenvalue weighted by Gasteiger charge is 2.13. The highest BCUT2D eigenvalue weighted by atomic mass is 19.1. The van der Waals surface area contributed by atoms with E-state index < -0.39 is 0 Å². The predicted molar refractivity (Wildman–Crippen MR) is 69.1 cm³/mol. The largest absolute Gasteiger partial charge is 0.272 e. The maximum atomic E-state index is 14.0. The minimum absolute atomic E-state index is 0.175. The normalized spacial score (nSPS) is 10.9. The molecule has 1 heterocycles. The third-order valence-electron chi connectivity index (χ3n) is 2.90. The van der Waals surface area contributed by atoms with Crippen LogP contribution in [-0.4, -0.2) is 10.2 Å². The highest BCUT2D eigenvalue weighted by molar-refractivity contribution is 5.64. The summed E-state index contributed by atoms with van der Waals surface area (Å²) in [5.74, 6) is -0.183. The zero-order valence-corrected chi connectivity index (χ0v) is 10.6. The van der Waals surface area contributed by atoms with Crippen LogP contribution in [-0.2, 0) is 0 Å². The molecule has 0 aliphatic carbocycles. The average molecular weight is 246 g/mol. The maximum Gasteiger partial charge on any atom is 0.272 e. The molecule has 2 aromatic rings. The molecule has 0 amide bonds. The summed E-state index contributed by atoms with van der Waals surface area (Å²) >= 11 is 0. The molecule has 3 nitrogen and oxygen atoms in total. The lowest BCUT2D eigenvalue weighted by molar-refractivity contribution is 0.621. The van der Waals surface area contributed by atoms with Crippen LogP contribution >= 0.6 is 0 Å². The van der Waals surface area contributed by atoms with Gasteiger partial charge in [0.15, 0.2) is 0 Å². The van der Waals surface area contributed by atoms with Gasteiger partial charge < -0.3 is 0 Å². The van der Waals surface area contributed by atoms with Crippen molar-refractivity contribution >= 4 is 0 Å². The van der Waals surface area contributed by atoms with Crippen LogP contribution in [0.25, 0.3) is 11.1 Å². The van der Waals surface area contributed by atoms with Crippen molar-refractivity contribution in [1.82, 2.24) is 10.2 Å².